The van der Waals surface area contributed by atoms with Gasteiger partial charge in [-0.05, 0) is 37.5 Å². The molecule has 0 aliphatic heterocycles. The number of allylic oxidation sites excluding steroid dienone is 2. The van der Waals surface area contributed by atoms with Gasteiger partial charge in [0.1, 0.15) is 5.83 Å². The number of urea groups is 1. The summed E-state index contributed by atoms with van der Waals surface area (Å²) >= 11 is 0. The van der Waals surface area contributed by atoms with Crippen molar-refractivity contribution in [3.63, 3.8) is 0 Å². The molecule has 0 atom stereocenters. The van der Waals surface area contributed by atoms with Crippen molar-refractivity contribution in [2.24, 2.45) is 11.1 Å². The molecule has 0 fully saturated rings. The molecule has 1 aromatic rings. The summed E-state index contributed by atoms with van der Waals surface area (Å²) in [6.07, 6.45) is 9.35. The van der Waals surface area contributed by atoms with Crippen LogP contribution in [0, 0.1) is 5.41 Å². The van der Waals surface area contributed by atoms with Gasteiger partial charge in [0, 0.05) is 37.3 Å². The third kappa shape index (κ3) is 11.5. The van der Waals surface area contributed by atoms with Crippen LogP contribution in [0.1, 0.15) is 87.0 Å². The Hall–Kier alpha value is -2.70. The van der Waals surface area contributed by atoms with Gasteiger partial charge in [-0.15, -0.1) is 0 Å². The van der Waals surface area contributed by atoms with E-state index in [1.54, 1.807) is 49.9 Å². The topological polar surface area (TPSA) is 68.0 Å². The standard InChI is InChI=1S/C28H46FN3O3.C2H6/c1-8-11-13-14-19-35-25-20-22(16-17-24(25)34-7)31(6)27(33)32(18-10-3)21-28(4,5)26(29)23(30)15-12-9-2;1-2/h12,15-17,20H,8-11,13-14,18-19,21,30H2,1-7H3;1-2H3/b15-12-,26-23-;. The van der Waals surface area contributed by atoms with E-state index in [4.69, 9.17) is 15.2 Å². The minimum absolute atomic E-state index is 0.102. The summed E-state index contributed by atoms with van der Waals surface area (Å²) in [4.78, 5) is 16.7. The van der Waals surface area contributed by atoms with Crippen molar-refractivity contribution in [1.82, 2.24) is 4.90 Å². The second-order valence-electron chi connectivity index (χ2n) is 9.47. The van der Waals surface area contributed by atoms with E-state index in [2.05, 4.69) is 6.92 Å². The highest BCUT2D eigenvalue weighted by Gasteiger charge is 2.32. The first-order valence-corrected chi connectivity index (χ1v) is 13.8. The number of nitrogens with zero attached hydrogens (tertiary/aromatic N) is 2. The van der Waals surface area contributed by atoms with Crippen molar-refractivity contribution in [1.29, 1.82) is 0 Å². The number of anilines is 1. The molecule has 37 heavy (non-hydrogen) atoms. The van der Waals surface area contributed by atoms with Crippen molar-refractivity contribution in [2.75, 3.05) is 38.8 Å². The van der Waals surface area contributed by atoms with Gasteiger partial charge in [-0.2, -0.15) is 0 Å². The molecule has 0 aliphatic rings. The molecular formula is C30H52FN3O3. The van der Waals surface area contributed by atoms with Gasteiger partial charge in [-0.1, -0.05) is 73.8 Å². The summed E-state index contributed by atoms with van der Waals surface area (Å²) in [7, 11) is 3.32. The van der Waals surface area contributed by atoms with Crippen LogP contribution < -0.4 is 20.1 Å². The minimum atomic E-state index is -0.930. The van der Waals surface area contributed by atoms with Crippen LogP contribution in [0.4, 0.5) is 14.9 Å². The number of unbranched alkanes of at least 4 members (excludes halogenated alkanes) is 3. The first-order chi connectivity index (χ1) is 17.6. The number of nitrogens with two attached hydrogens (primary N) is 1. The molecule has 0 radical (unpaired) electrons. The first kappa shape index (κ1) is 34.3. The van der Waals surface area contributed by atoms with Crippen LogP contribution in [0.5, 0.6) is 11.5 Å². The summed E-state index contributed by atoms with van der Waals surface area (Å²) in [6.45, 7) is 15.0. The van der Waals surface area contributed by atoms with E-state index in [1.165, 1.54) is 12.8 Å². The zero-order valence-corrected chi connectivity index (χ0v) is 24.8. The normalized spacial score (nSPS) is 11.9. The number of rotatable bonds is 15. The summed E-state index contributed by atoms with van der Waals surface area (Å²) < 4.78 is 26.6. The Morgan fingerprint density at radius 1 is 1.08 bits per heavy atom. The van der Waals surface area contributed by atoms with Crippen molar-refractivity contribution in [3.05, 3.63) is 41.9 Å². The molecule has 0 aromatic heterocycles. The van der Waals surface area contributed by atoms with Gasteiger partial charge >= 0.3 is 6.03 Å². The van der Waals surface area contributed by atoms with Gasteiger partial charge in [-0.25, -0.2) is 9.18 Å². The number of hydrogen-bond acceptors (Lipinski definition) is 4. The summed E-state index contributed by atoms with van der Waals surface area (Å²) in [6, 6.07) is 5.23. The molecule has 0 saturated heterocycles. The maximum atomic E-state index is 15.1. The molecule has 6 nitrogen and oxygen atoms in total. The van der Waals surface area contributed by atoms with Gasteiger partial charge in [0.2, 0.25) is 0 Å². The number of carbonyl (C=O) groups is 1. The number of halogens is 1. The third-order valence-corrected chi connectivity index (χ3v) is 5.81. The van der Waals surface area contributed by atoms with Gasteiger partial charge in [0.25, 0.3) is 0 Å². The lowest BCUT2D eigenvalue weighted by Crippen LogP contribution is -2.46. The molecule has 7 heteroatoms. The molecule has 0 aliphatic carbocycles. The molecule has 2 N–H and O–H groups in total. The summed E-state index contributed by atoms with van der Waals surface area (Å²) in [5.41, 5.74) is 5.81. The fourth-order valence-corrected chi connectivity index (χ4v) is 3.79. The minimum Gasteiger partial charge on any atom is -0.493 e. The van der Waals surface area contributed by atoms with Crippen LogP contribution in [-0.2, 0) is 0 Å². The average molecular weight is 522 g/mol. The Bertz CT molecular complexity index is 852. The molecular weight excluding hydrogens is 469 g/mol. The van der Waals surface area contributed by atoms with Crippen LogP contribution in [-0.4, -0.2) is 44.8 Å². The fraction of sp³-hybridized carbons (Fsp3) is 0.633. The average Bonchev–Trinajstić information content (AvgIpc) is 2.90. The molecule has 0 spiro atoms. The second kappa shape index (κ2) is 18.5. The maximum Gasteiger partial charge on any atom is 0.324 e. The predicted octanol–water partition coefficient (Wildman–Crippen LogP) is 8.08. The lowest BCUT2D eigenvalue weighted by molar-refractivity contribution is 0.176. The van der Waals surface area contributed by atoms with E-state index in [0.717, 1.165) is 25.7 Å². The molecule has 2 amide bonds. The van der Waals surface area contributed by atoms with Gasteiger partial charge in [0.15, 0.2) is 11.5 Å². The van der Waals surface area contributed by atoms with Crippen LogP contribution in [0.2, 0.25) is 0 Å². The highest BCUT2D eigenvalue weighted by atomic mass is 19.1. The third-order valence-electron chi connectivity index (χ3n) is 5.81. The lowest BCUT2D eigenvalue weighted by Gasteiger charge is -2.34. The smallest absolute Gasteiger partial charge is 0.324 e. The molecule has 0 saturated carbocycles. The van der Waals surface area contributed by atoms with Crippen molar-refractivity contribution >= 4 is 11.7 Å². The maximum absolute atomic E-state index is 15.1. The van der Waals surface area contributed by atoms with Gasteiger partial charge in [-0.3, -0.25) is 4.90 Å². The summed E-state index contributed by atoms with van der Waals surface area (Å²) in [5, 5.41) is 0. The molecule has 0 bridgehead atoms. The molecule has 0 heterocycles. The van der Waals surface area contributed by atoms with Crippen LogP contribution in [0.3, 0.4) is 0 Å². The highest BCUT2D eigenvalue weighted by molar-refractivity contribution is 5.92. The quantitative estimate of drug-likeness (QED) is 0.187. The zero-order chi connectivity index (χ0) is 28.4. The molecule has 1 aromatic carbocycles. The first-order valence-electron chi connectivity index (χ1n) is 13.8. The van der Waals surface area contributed by atoms with E-state index in [0.29, 0.717) is 30.3 Å². The Balaban J connectivity index is 0.00000631. The van der Waals surface area contributed by atoms with E-state index in [9.17, 15) is 4.79 Å². The largest absolute Gasteiger partial charge is 0.493 e. The molecule has 1 rings (SSSR count). The Morgan fingerprint density at radius 3 is 2.32 bits per heavy atom. The Kier molecular flexibility index (Phi) is 17.2. The van der Waals surface area contributed by atoms with Crippen molar-refractivity contribution in [3.8, 4) is 11.5 Å². The number of methoxy groups -OCH3 is 1. The molecule has 212 valence electrons. The highest BCUT2D eigenvalue weighted by Crippen LogP contribution is 2.34. The van der Waals surface area contributed by atoms with Gasteiger partial charge in [0.05, 0.1) is 19.4 Å². The van der Waals surface area contributed by atoms with E-state index >= 15 is 4.39 Å². The van der Waals surface area contributed by atoms with Crippen LogP contribution >= 0.6 is 0 Å². The van der Waals surface area contributed by atoms with E-state index in [1.807, 2.05) is 45.9 Å². The summed E-state index contributed by atoms with van der Waals surface area (Å²) in [5.74, 6) is 0.814. The predicted molar refractivity (Wildman–Crippen MR) is 155 cm³/mol. The zero-order valence-electron chi connectivity index (χ0n) is 24.8. The van der Waals surface area contributed by atoms with Gasteiger partial charge < -0.3 is 20.1 Å². The fourth-order valence-electron chi connectivity index (χ4n) is 3.79. The number of carbonyl (C=O) groups excluding carboxylic acids is 1. The SMILES string of the molecule is CC.CC/C=C\C(N)=C(\F)C(C)(C)CN(CCC)C(=O)N(C)c1ccc(OC)c(OCCCCCC)c1. The van der Waals surface area contributed by atoms with E-state index in [-0.39, 0.29) is 18.3 Å². The van der Waals surface area contributed by atoms with Crippen molar-refractivity contribution < 1.29 is 18.7 Å². The lowest BCUT2D eigenvalue weighted by atomic mass is 9.89. The number of amides is 2. The Labute approximate surface area is 225 Å². The van der Waals surface area contributed by atoms with E-state index < -0.39 is 11.2 Å². The monoisotopic (exact) mass is 521 g/mol. The number of hydrogen-bond donors (Lipinski definition) is 1. The van der Waals surface area contributed by atoms with Crippen molar-refractivity contribution in [2.45, 2.75) is 87.0 Å². The van der Waals surface area contributed by atoms with Crippen LogP contribution in [0.15, 0.2) is 41.9 Å². The second-order valence-corrected chi connectivity index (χ2v) is 9.47. The number of ether oxygens (including phenoxy) is 2. The number of benzene rings is 1. The Morgan fingerprint density at radius 2 is 1.76 bits per heavy atom. The van der Waals surface area contributed by atoms with Crippen LogP contribution in [0.25, 0.3) is 0 Å². The molecule has 0 unspecified atom stereocenters.